The van der Waals surface area contributed by atoms with Gasteiger partial charge >= 0.3 is 0 Å². The molecular weight excluding hydrogens is 373 g/mol. The van der Waals surface area contributed by atoms with Crippen LogP contribution < -0.4 is 10.2 Å². The average Bonchev–Trinajstić information content (AvgIpc) is 2.64. The van der Waals surface area contributed by atoms with E-state index >= 15 is 0 Å². The summed E-state index contributed by atoms with van der Waals surface area (Å²) in [4.78, 5) is 16.3. The van der Waals surface area contributed by atoms with Crippen LogP contribution >= 0.6 is 12.2 Å². The van der Waals surface area contributed by atoms with Gasteiger partial charge in [-0.3, -0.25) is 9.69 Å². The van der Waals surface area contributed by atoms with Gasteiger partial charge in [0.25, 0.3) is 5.91 Å². The lowest BCUT2D eigenvalue weighted by Crippen LogP contribution is -2.49. The number of hydrogen-bond donors (Lipinski definition) is 1. The monoisotopic (exact) mass is 397 g/mol. The van der Waals surface area contributed by atoms with E-state index in [1.54, 1.807) is 43.0 Å². The van der Waals surface area contributed by atoms with Crippen molar-refractivity contribution in [1.29, 1.82) is 0 Å². The molecule has 1 heterocycles. The number of aryl methyl sites for hydroxylation is 2. The average molecular weight is 398 g/mol. The molecule has 0 spiro atoms. The van der Waals surface area contributed by atoms with Crippen LogP contribution in [0.4, 0.5) is 10.1 Å². The van der Waals surface area contributed by atoms with Crippen molar-refractivity contribution in [3.63, 3.8) is 0 Å². The van der Waals surface area contributed by atoms with Crippen LogP contribution in [-0.4, -0.2) is 30.0 Å². The molecule has 1 unspecified atom stereocenters. The number of rotatable bonds is 3. The van der Waals surface area contributed by atoms with Crippen molar-refractivity contribution in [2.45, 2.75) is 26.8 Å². The van der Waals surface area contributed by atoms with E-state index in [9.17, 15) is 9.18 Å². The number of amides is 1. The number of likely N-dealkylation sites (N-methyl/N-ethyl adjacent to an activating group) is 1. The van der Waals surface area contributed by atoms with E-state index in [2.05, 4.69) is 5.32 Å². The zero-order valence-corrected chi connectivity index (χ0v) is 17.5. The molecule has 0 aromatic heterocycles. The summed E-state index contributed by atoms with van der Waals surface area (Å²) in [7, 11) is 3.44. The van der Waals surface area contributed by atoms with Crippen LogP contribution in [-0.2, 0) is 4.79 Å². The van der Waals surface area contributed by atoms with Gasteiger partial charge in [0.1, 0.15) is 5.82 Å². The number of thiocarbonyl (C=S) groups is 1. The van der Waals surface area contributed by atoms with Gasteiger partial charge in [-0.05, 0) is 56.2 Å². The van der Waals surface area contributed by atoms with Gasteiger partial charge in [-0.2, -0.15) is 0 Å². The minimum Gasteiger partial charge on any atom is -0.351 e. The topological polar surface area (TPSA) is 35.6 Å². The van der Waals surface area contributed by atoms with E-state index in [1.807, 2.05) is 38.1 Å². The van der Waals surface area contributed by atoms with Crippen LogP contribution in [0.3, 0.4) is 0 Å². The van der Waals surface area contributed by atoms with E-state index in [-0.39, 0.29) is 17.8 Å². The Morgan fingerprint density at radius 1 is 1.11 bits per heavy atom. The number of nitrogens with one attached hydrogen (secondary N) is 1. The normalized spacial score (nSPS) is 16.9. The Hall–Kier alpha value is -2.73. The van der Waals surface area contributed by atoms with Crippen LogP contribution in [0.1, 0.15) is 29.7 Å². The third kappa shape index (κ3) is 3.64. The van der Waals surface area contributed by atoms with Crippen molar-refractivity contribution in [3.8, 4) is 0 Å². The summed E-state index contributed by atoms with van der Waals surface area (Å²) in [6, 6.07) is 12.6. The Balaban J connectivity index is 2.16. The maximum absolute atomic E-state index is 14.2. The van der Waals surface area contributed by atoms with Crippen molar-refractivity contribution in [2.24, 2.45) is 0 Å². The highest BCUT2D eigenvalue weighted by molar-refractivity contribution is 7.80. The molecule has 1 amide bonds. The third-order valence-electron chi connectivity index (χ3n) is 4.95. The Morgan fingerprint density at radius 3 is 2.32 bits per heavy atom. The number of benzene rings is 2. The van der Waals surface area contributed by atoms with Crippen molar-refractivity contribution in [3.05, 3.63) is 76.2 Å². The molecular formula is C22H24FN3OS. The predicted molar refractivity (Wildman–Crippen MR) is 115 cm³/mol. The maximum Gasteiger partial charge on any atom is 0.253 e. The fourth-order valence-electron chi connectivity index (χ4n) is 3.30. The first kappa shape index (κ1) is 20.0. The van der Waals surface area contributed by atoms with Gasteiger partial charge in [0, 0.05) is 19.8 Å². The fourth-order valence-corrected chi connectivity index (χ4v) is 3.66. The lowest BCUT2D eigenvalue weighted by molar-refractivity contribution is -0.125. The molecule has 146 valence electrons. The quantitative estimate of drug-likeness (QED) is 0.786. The minimum absolute atomic E-state index is 0.115. The molecule has 0 aliphatic carbocycles. The molecule has 0 saturated carbocycles. The second kappa shape index (κ2) is 7.72. The number of hydrogen-bond acceptors (Lipinski definition) is 2. The molecule has 1 aliphatic heterocycles. The zero-order valence-electron chi connectivity index (χ0n) is 16.7. The molecule has 3 rings (SSSR count). The number of nitrogens with zero attached hydrogens (tertiary/aromatic N) is 2. The van der Waals surface area contributed by atoms with Gasteiger partial charge in [-0.1, -0.05) is 35.9 Å². The number of carbonyl (C=O) groups excluding carboxylic acids is 1. The third-order valence-corrected chi connectivity index (χ3v) is 5.25. The van der Waals surface area contributed by atoms with Crippen molar-refractivity contribution >= 4 is 28.9 Å². The molecule has 6 heteroatoms. The molecule has 0 fully saturated rings. The van der Waals surface area contributed by atoms with E-state index in [4.69, 9.17) is 12.2 Å². The molecule has 1 aliphatic rings. The highest BCUT2D eigenvalue weighted by Crippen LogP contribution is 2.34. The highest BCUT2D eigenvalue weighted by atomic mass is 32.1. The van der Waals surface area contributed by atoms with Gasteiger partial charge in [-0.25, -0.2) is 4.39 Å². The van der Waals surface area contributed by atoms with Crippen molar-refractivity contribution in [1.82, 2.24) is 10.2 Å². The maximum atomic E-state index is 14.2. The fraction of sp³-hybridized carbons (Fsp3) is 0.273. The van der Waals surface area contributed by atoms with Crippen LogP contribution in [0.15, 0.2) is 53.7 Å². The first-order valence-electron chi connectivity index (χ1n) is 9.06. The van der Waals surface area contributed by atoms with Crippen LogP contribution in [0.2, 0.25) is 0 Å². The molecule has 0 radical (unpaired) electrons. The Labute approximate surface area is 170 Å². The van der Waals surface area contributed by atoms with Gasteiger partial charge in [0.15, 0.2) is 5.11 Å². The highest BCUT2D eigenvalue weighted by Gasteiger charge is 2.35. The van der Waals surface area contributed by atoms with Crippen molar-refractivity contribution < 1.29 is 9.18 Å². The van der Waals surface area contributed by atoms with E-state index < -0.39 is 0 Å². The van der Waals surface area contributed by atoms with Crippen LogP contribution in [0.5, 0.6) is 0 Å². The summed E-state index contributed by atoms with van der Waals surface area (Å²) in [5.74, 6) is -0.426. The van der Waals surface area contributed by atoms with E-state index in [1.165, 1.54) is 6.07 Å². The lowest BCUT2D eigenvalue weighted by Gasteiger charge is -2.38. The second-order valence-electron chi connectivity index (χ2n) is 7.26. The second-order valence-corrected chi connectivity index (χ2v) is 7.65. The molecule has 1 atom stereocenters. The number of halogens is 1. The molecule has 1 N–H and O–H groups in total. The molecule has 2 aromatic rings. The molecule has 0 saturated heterocycles. The van der Waals surface area contributed by atoms with Crippen LogP contribution in [0, 0.1) is 19.7 Å². The summed E-state index contributed by atoms with van der Waals surface area (Å²) in [5.41, 5.74) is 4.51. The van der Waals surface area contributed by atoms with Gasteiger partial charge in [-0.15, -0.1) is 0 Å². The van der Waals surface area contributed by atoms with Crippen molar-refractivity contribution in [2.75, 3.05) is 19.0 Å². The lowest BCUT2D eigenvalue weighted by atomic mass is 9.93. The Morgan fingerprint density at radius 2 is 1.75 bits per heavy atom. The number of allylic oxidation sites excluding steroid dienone is 1. The predicted octanol–water partition coefficient (Wildman–Crippen LogP) is 4.24. The smallest absolute Gasteiger partial charge is 0.253 e. The minimum atomic E-state index is -0.366. The standard InChI is InChI=1S/C22H24FN3OS/c1-13-6-9-16(10-7-13)20-19(21(27)25(4)5)15(3)26(22(28)24-20)17-11-8-14(2)18(23)12-17/h6-12,20H,1-5H3,(H,24,28). The molecule has 28 heavy (non-hydrogen) atoms. The molecule has 0 bridgehead atoms. The summed E-state index contributed by atoms with van der Waals surface area (Å²) in [6.07, 6.45) is 0. The number of anilines is 1. The van der Waals surface area contributed by atoms with Gasteiger partial charge in [0.2, 0.25) is 0 Å². The molecule has 2 aromatic carbocycles. The SMILES string of the molecule is CC1=C(C(=O)N(C)C)C(c2ccc(C)cc2)NC(=S)N1c1ccc(C)c(F)c1. The van der Waals surface area contributed by atoms with E-state index in [0.29, 0.717) is 27.6 Å². The first-order chi connectivity index (χ1) is 13.2. The summed E-state index contributed by atoms with van der Waals surface area (Å²) in [6.45, 7) is 5.58. The summed E-state index contributed by atoms with van der Waals surface area (Å²) in [5, 5.41) is 3.71. The number of carbonyl (C=O) groups is 1. The summed E-state index contributed by atoms with van der Waals surface area (Å²) < 4.78 is 14.2. The Bertz CT molecular complexity index is 966. The summed E-state index contributed by atoms with van der Waals surface area (Å²) >= 11 is 5.60. The van der Waals surface area contributed by atoms with Gasteiger partial charge in [0.05, 0.1) is 17.3 Å². The zero-order chi connectivity index (χ0) is 20.6. The van der Waals surface area contributed by atoms with E-state index in [0.717, 1.165) is 11.1 Å². The largest absolute Gasteiger partial charge is 0.351 e. The van der Waals surface area contributed by atoms with Crippen LogP contribution in [0.25, 0.3) is 0 Å². The first-order valence-corrected chi connectivity index (χ1v) is 9.47. The molecule has 4 nitrogen and oxygen atoms in total. The Kier molecular flexibility index (Phi) is 5.52. The van der Waals surface area contributed by atoms with Gasteiger partial charge < -0.3 is 10.2 Å².